The normalized spacial score (nSPS) is 21.2. The van der Waals surface area contributed by atoms with Crippen LogP contribution in [0, 0.1) is 19.8 Å². The van der Waals surface area contributed by atoms with Crippen LogP contribution in [0.4, 0.5) is 0 Å². The van der Waals surface area contributed by atoms with Gasteiger partial charge < -0.3 is 10.1 Å². The van der Waals surface area contributed by atoms with Crippen molar-refractivity contribution in [3.63, 3.8) is 0 Å². The number of H-pyrrole nitrogens is 1. The van der Waals surface area contributed by atoms with Gasteiger partial charge in [-0.15, -0.1) is 11.3 Å². The van der Waals surface area contributed by atoms with Gasteiger partial charge in [-0.05, 0) is 45.2 Å². The molecule has 0 amide bonds. The van der Waals surface area contributed by atoms with Crippen LogP contribution >= 0.6 is 11.3 Å². The lowest BCUT2D eigenvalue weighted by Gasteiger charge is -2.23. The Kier molecular flexibility index (Phi) is 3.86. The van der Waals surface area contributed by atoms with Gasteiger partial charge in [-0.25, -0.2) is 4.98 Å². The number of hydrogen-bond acceptors (Lipinski definition) is 5. The highest BCUT2D eigenvalue weighted by atomic mass is 32.1. The molecule has 3 rings (SSSR count). The Morgan fingerprint density at radius 3 is 2.95 bits per heavy atom. The summed E-state index contributed by atoms with van der Waals surface area (Å²) in [5.41, 5.74) is 0.992. The first-order valence-corrected chi connectivity index (χ1v) is 8.17. The van der Waals surface area contributed by atoms with Crippen LogP contribution in [-0.4, -0.2) is 39.7 Å². The van der Waals surface area contributed by atoms with Gasteiger partial charge in [0, 0.05) is 18.0 Å². The number of aliphatic hydroxyl groups is 1. The molecule has 1 aliphatic rings. The number of hydrogen-bond donors (Lipinski definition) is 2. The zero-order valence-electron chi connectivity index (χ0n) is 12.6. The van der Waals surface area contributed by atoms with Crippen molar-refractivity contribution >= 4 is 21.6 Å². The van der Waals surface area contributed by atoms with Crippen LogP contribution < -0.4 is 5.56 Å². The molecule has 2 aromatic heterocycles. The highest BCUT2D eigenvalue weighted by Crippen LogP contribution is 2.29. The van der Waals surface area contributed by atoms with Gasteiger partial charge in [0.25, 0.3) is 5.56 Å². The fourth-order valence-corrected chi connectivity index (χ4v) is 4.04. The standard InChI is InChI=1S/C15H21N3O2S/c1-8-10(3)21-15-12(8)14(20)16-13(17-15)9(2)18-5-4-11(6-18)7-19/h9,11,19H,4-7H2,1-3H3,(H,16,17,20). The third kappa shape index (κ3) is 2.52. The van der Waals surface area contributed by atoms with Crippen LogP contribution in [0.3, 0.4) is 0 Å². The Morgan fingerprint density at radius 2 is 2.29 bits per heavy atom. The molecule has 1 aliphatic heterocycles. The van der Waals surface area contributed by atoms with E-state index in [4.69, 9.17) is 0 Å². The Morgan fingerprint density at radius 1 is 1.52 bits per heavy atom. The molecule has 2 unspecified atom stereocenters. The number of rotatable bonds is 3. The lowest BCUT2D eigenvalue weighted by molar-refractivity contribution is 0.201. The second-order valence-corrected chi connectivity index (χ2v) is 7.13. The number of aryl methyl sites for hydroxylation is 2. The number of fused-ring (bicyclic) bond motifs is 1. The highest BCUT2D eigenvalue weighted by molar-refractivity contribution is 7.18. The van der Waals surface area contributed by atoms with Crippen molar-refractivity contribution in [2.75, 3.05) is 19.7 Å². The third-order valence-corrected chi connectivity index (χ3v) is 5.68. The summed E-state index contributed by atoms with van der Waals surface area (Å²) in [6.07, 6.45) is 1.00. The number of aromatic amines is 1. The molecule has 0 saturated carbocycles. The van der Waals surface area contributed by atoms with E-state index in [-0.39, 0.29) is 18.2 Å². The van der Waals surface area contributed by atoms with Gasteiger partial charge in [0.05, 0.1) is 11.4 Å². The van der Waals surface area contributed by atoms with E-state index in [1.807, 2.05) is 13.8 Å². The Bertz CT molecular complexity index is 722. The van der Waals surface area contributed by atoms with Crippen LogP contribution in [0.5, 0.6) is 0 Å². The van der Waals surface area contributed by atoms with Gasteiger partial charge in [0.1, 0.15) is 10.7 Å². The van der Waals surface area contributed by atoms with Crippen molar-refractivity contribution in [3.05, 3.63) is 26.6 Å². The summed E-state index contributed by atoms with van der Waals surface area (Å²) in [5, 5.41) is 9.98. The molecule has 3 heterocycles. The van der Waals surface area contributed by atoms with E-state index in [9.17, 15) is 9.90 Å². The Labute approximate surface area is 127 Å². The predicted molar refractivity (Wildman–Crippen MR) is 84.9 cm³/mol. The highest BCUT2D eigenvalue weighted by Gasteiger charge is 2.28. The first kappa shape index (κ1) is 14.7. The molecular formula is C15H21N3O2S. The second-order valence-electron chi connectivity index (χ2n) is 5.92. The van der Waals surface area contributed by atoms with Crippen LogP contribution in [0.1, 0.15) is 35.7 Å². The number of nitrogens with zero attached hydrogens (tertiary/aromatic N) is 2. The summed E-state index contributed by atoms with van der Waals surface area (Å²) in [5.74, 6) is 1.07. The second kappa shape index (κ2) is 5.51. The molecule has 0 aliphatic carbocycles. The molecular weight excluding hydrogens is 286 g/mol. The molecule has 114 valence electrons. The van der Waals surface area contributed by atoms with Gasteiger partial charge in [-0.2, -0.15) is 0 Å². The van der Waals surface area contributed by atoms with Crippen LogP contribution in [0.25, 0.3) is 10.2 Å². The van der Waals surface area contributed by atoms with Crippen molar-refractivity contribution in [1.29, 1.82) is 0 Å². The maximum absolute atomic E-state index is 12.3. The average molecular weight is 307 g/mol. The Hall–Kier alpha value is -1.24. The molecule has 0 spiro atoms. The van der Waals surface area contributed by atoms with Gasteiger partial charge >= 0.3 is 0 Å². The summed E-state index contributed by atoms with van der Waals surface area (Å²) in [6, 6.07) is 0.0707. The quantitative estimate of drug-likeness (QED) is 0.910. The lowest BCUT2D eigenvalue weighted by atomic mass is 10.1. The monoisotopic (exact) mass is 307 g/mol. The number of nitrogens with one attached hydrogen (secondary N) is 1. The van der Waals surface area contributed by atoms with Crippen molar-refractivity contribution in [2.45, 2.75) is 33.2 Å². The zero-order chi connectivity index (χ0) is 15.1. The van der Waals surface area contributed by atoms with Crippen molar-refractivity contribution in [2.24, 2.45) is 5.92 Å². The molecule has 2 N–H and O–H groups in total. The number of aromatic nitrogens is 2. The molecule has 1 saturated heterocycles. The topological polar surface area (TPSA) is 69.2 Å². The summed E-state index contributed by atoms with van der Waals surface area (Å²) in [6.45, 7) is 8.10. The molecule has 2 atom stereocenters. The summed E-state index contributed by atoms with van der Waals surface area (Å²) in [4.78, 5) is 24.2. The third-order valence-electron chi connectivity index (χ3n) is 4.58. The molecule has 21 heavy (non-hydrogen) atoms. The van der Waals surface area contributed by atoms with E-state index in [1.54, 1.807) is 11.3 Å². The maximum Gasteiger partial charge on any atom is 0.259 e. The summed E-state index contributed by atoms with van der Waals surface area (Å²) < 4.78 is 0. The van der Waals surface area contributed by atoms with Gasteiger partial charge in [-0.1, -0.05) is 0 Å². The van der Waals surface area contributed by atoms with E-state index in [0.717, 1.165) is 46.0 Å². The minimum absolute atomic E-state index is 0.0402. The summed E-state index contributed by atoms with van der Waals surface area (Å²) in [7, 11) is 0. The minimum Gasteiger partial charge on any atom is -0.396 e. The van der Waals surface area contributed by atoms with Crippen molar-refractivity contribution in [1.82, 2.24) is 14.9 Å². The fourth-order valence-electron chi connectivity index (χ4n) is 3.01. The maximum atomic E-state index is 12.3. The van der Waals surface area contributed by atoms with Crippen molar-refractivity contribution in [3.8, 4) is 0 Å². The molecule has 1 fully saturated rings. The largest absolute Gasteiger partial charge is 0.396 e. The van der Waals surface area contributed by atoms with Crippen LogP contribution in [0.2, 0.25) is 0 Å². The minimum atomic E-state index is -0.0402. The fraction of sp³-hybridized carbons (Fsp3) is 0.600. The predicted octanol–water partition coefficient (Wildman–Crippen LogP) is 1.98. The molecule has 0 radical (unpaired) electrons. The average Bonchev–Trinajstić information content (AvgIpc) is 3.04. The molecule has 0 bridgehead atoms. The van der Waals surface area contributed by atoms with Gasteiger partial charge in [-0.3, -0.25) is 9.69 Å². The van der Waals surface area contributed by atoms with E-state index in [1.165, 1.54) is 0 Å². The smallest absolute Gasteiger partial charge is 0.259 e. The molecule has 5 nitrogen and oxygen atoms in total. The van der Waals surface area contributed by atoms with E-state index in [2.05, 4.69) is 21.8 Å². The lowest BCUT2D eigenvalue weighted by Crippen LogP contribution is -2.28. The Balaban J connectivity index is 1.96. The first-order chi connectivity index (χ1) is 10.0. The molecule has 6 heteroatoms. The van der Waals surface area contributed by atoms with Crippen LogP contribution in [0.15, 0.2) is 4.79 Å². The van der Waals surface area contributed by atoms with E-state index < -0.39 is 0 Å². The molecule has 2 aromatic rings. The SMILES string of the molecule is Cc1sc2nc(C(C)N3CCC(CO)C3)[nH]c(=O)c2c1C. The zero-order valence-corrected chi connectivity index (χ0v) is 13.5. The number of likely N-dealkylation sites (tertiary alicyclic amines) is 1. The summed E-state index contributed by atoms with van der Waals surface area (Å²) >= 11 is 1.58. The number of aliphatic hydroxyl groups excluding tert-OH is 1. The molecule has 0 aromatic carbocycles. The van der Waals surface area contributed by atoms with Gasteiger partial charge in [0.2, 0.25) is 0 Å². The van der Waals surface area contributed by atoms with Crippen LogP contribution in [-0.2, 0) is 0 Å². The first-order valence-electron chi connectivity index (χ1n) is 7.36. The number of thiophene rings is 1. The van der Waals surface area contributed by atoms with Crippen molar-refractivity contribution < 1.29 is 5.11 Å². The van der Waals surface area contributed by atoms with E-state index >= 15 is 0 Å². The van der Waals surface area contributed by atoms with Gasteiger partial charge in [0.15, 0.2) is 0 Å². The van der Waals surface area contributed by atoms with E-state index in [0.29, 0.717) is 5.92 Å².